The number of urea groups is 1. The lowest BCUT2D eigenvalue weighted by Crippen LogP contribution is -2.34. The molecule has 0 heterocycles. The van der Waals surface area contributed by atoms with Gasteiger partial charge in [0, 0.05) is 17.1 Å². The van der Waals surface area contributed by atoms with Crippen molar-refractivity contribution in [1.29, 1.82) is 0 Å². The van der Waals surface area contributed by atoms with Crippen molar-refractivity contribution >= 4 is 35.2 Å². The summed E-state index contributed by atoms with van der Waals surface area (Å²) in [5.41, 5.74) is 1.16. The largest absolute Gasteiger partial charge is 0.481 e. The van der Waals surface area contributed by atoms with Gasteiger partial charge in [-0.15, -0.1) is 0 Å². The van der Waals surface area contributed by atoms with Crippen LogP contribution in [0.1, 0.15) is 18.4 Å². The van der Waals surface area contributed by atoms with Gasteiger partial charge in [0.1, 0.15) is 0 Å². The molecule has 0 fully saturated rings. The Balaban J connectivity index is 2.53. The lowest BCUT2D eigenvalue weighted by molar-refractivity contribution is -0.138. The maximum Gasteiger partial charge on any atom is 0.325 e. The van der Waals surface area contributed by atoms with E-state index < -0.39 is 17.9 Å². The van der Waals surface area contributed by atoms with Crippen LogP contribution in [0.25, 0.3) is 0 Å². The van der Waals surface area contributed by atoms with E-state index in [1.54, 1.807) is 25.1 Å². The number of carbonyl (C=O) groups is 3. The number of carbonyl (C=O) groups excluding carboxylic acids is 2. The van der Waals surface area contributed by atoms with Gasteiger partial charge in [-0.25, -0.2) is 4.79 Å². The van der Waals surface area contributed by atoms with Crippen LogP contribution >= 0.6 is 11.6 Å². The van der Waals surface area contributed by atoms with E-state index in [4.69, 9.17) is 16.7 Å². The fourth-order valence-corrected chi connectivity index (χ4v) is 1.48. The van der Waals surface area contributed by atoms with Crippen LogP contribution < -0.4 is 10.6 Å². The van der Waals surface area contributed by atoms with Gasteiger partial charge in [-0.3, -0.25) is 14.9 Å². The quantitative estimate of drug-likeness (QED) is 0.789. The molecule has 1 aromatic rings. The molecule has 0 unspecified atom stereocenters. The predicted molar refractivity (Wildman–Crippen MR) is 70.2 cm³/mol. The molecule has 0 bridgehead atoms. The molecule has 1 aromatic carbocycles. The number of hydrogen-bond donors (Lipinski definition) is 3. The van der Waals surface area contributed by atoms with E-state index in [1.807, 2.05) is 5.32 Å². The molecule has 0 saturated heterocycles. The number of nitrogens with one attached hydrogen (secondary N) is 2. The monoisotopic (exact) mass is 284 g/mol. The number of hydrogen-bond acceptors (Lipinski definition) is 3. The second kappa shape index (κ2) is 6.75. The van der Waals surface area contributed by atoms with Gasteiger partial charge < -0.3 is 10.4 Å². The van der Waals surface area contributed by atoms with Crippen LogP contribution in [0.4, 0.5) is 10.5 Å². The highest BCUT2D eigenvalue weighted by Crippen LogP contribution is 2.22. The van der Waals surface area contributed by atoms with Crippen LogP contribution in [-0.4, -0.2) is 23.0 Å². The van der Waals surface area contributed by atoms with Gasteiger partial charge in [-0.2, -0.15) is 0 Å². The molecular weight excluding hydrogens is 272 g/mol. The van der Waals surface area contributed by atoms with Crippen LogP contribution in [0, 0.1) is 6.92 Å². The van der Waals surface area contributed by atoms with Crippen LogP contribution in [0.3, 0.4) is 0 Å². The summed E-state index contributed by atoms with van der Waals surface area (Å²) in [7, 11) is 0. The number of anilines is 1. The van der Waals surface area contributed by atoms with Crippen molar-refractivity contribution < 1.29 is 19.5 Å². The second-order valence-electron chi connectivity index (χ2n) is 3.81. The number of amides is 3. The van der Waals surface area contributed by atoms with Crippen molar-refractivity contribution in [2.24, 2.45) is 0 Å². The number of carboxylic acid groups (broad SMARTS) is 1. The maximum absolute atomic E-state index is 11.5. The summed E-state index contributed by atoms with van der Waals surface area (Å²) in [6.07, 6.45) is -0.577. The van der Waals surface area contributed by atoms with Gasteiger partial charge in [0.05, 0.1) is 6.42 Å². The highest BCUT2D eigenvalue weighted by molar-refractivity contribution is 6.31. The molecule has 0 aliphatic rings. The Hall–Kier alpha value is -2.08. The Morgan fingerprint density at radius 3 is 2.58 bits per heavy atom. The summed E-state index contributed by atoms with van der Waals surface area (Å²) in [6, 6.07) is 4.26. The lowest BCUT2D eigenvalue weighted by atomic mass is 10.2. The molecule has 0 aliphatic heterocycles. The molecular formula is C12H13ClN2O4. The molecule has 0 atom stereocenters. The minimum absolute atomic E-state index is 0.253. The van der Waals surface area contributed by atoms with Crippen LogP contribution in [0.5, 0.6) is 0 Å². The average molecular weight is 285 g/mol. The SMILES string of the molecule is Cc1c(Cl)cccc1NC(=O)NC(=O)CCC(=O)O. The number of aliphatic carboxylic acids is 1. The first-order chi connectivity index (χ1) is 8.90. The van der Waals surface area contributed by atoms with Crippen molar-refractivity contribution in [3.05, 3.63) is 28.8 Å². The van der Waals surface area contributed by atoms with Crippen molar-refractivity contribution in [3.8, 4) is 0 Å². The van der Waals surface area contributed by atoms with Crippen LogP contribution in [-0.2, 0) is 9.59 Å². The van der Waals surface area contributed by atoms with Crippen molar-refractivity contribution in [2.75, 3.05) is 5.32 Å². The van der Waals surface area contributed by atoms with Gasteiger partial charge in [0.2, 0.25) is 5.91 Å². The van der Waals surface area contributed by atoms with Crippen molar-refractivity contribution in [3.63, 3.8) is 0 Å². The summed E-state index contributed by atoms with van der Waals surface area (Å²) in [4.78, 5) is 33.0. The first-order valence-electron chi connectivity index (χ1n) is 5.48. The zero-order valence-electron chi connectivity index (χ0n) is 10.2. The van der Waals surface area contributed by atoms with Gasteiger partial charge in [-0.05, 0) is 24.6 Å². The third kappa shape index (κ3) is 4.97. The molecule has 1 rings (SSSR count). The van der Waals surface area contributed by atoms with E-state index >= 15 is 0 Å². The Bertz CT molecular complexity index is 516. The first kappa shape index (κ1) is 15.0. The summed E-state index contributed by atoms with van der Waals surface area (Å²) < 4.78 is 0. The molecule has 6 nitrogen and oxygen atoms in total. The second-order valence-corrected chi connectivity index (χ2v) is 4.22. The van der Waals surface area contributed by atoms with E-state index in [0.717, 1.165) is 0 Å². The highest BCUT2D eigenvalue weighted by atomic mass is 35.5. The molecule has 7 heteroatoms. The van der Waals surface area contributed by atoms with Crippen molar-refractivity contribution in [2.45, 2.75) is 19.8 Å². The molecule has 0 spiro atoms. The van der Waals surface area contributed by atoms with Gasteiger partial charge in [0.25, 0.3) is 0 Å². The van der Waals surface area contributed by atoms with E-state index in [1.165, 1.54) is 0 Å². The molecule has 0 aliphatic carbocycles. The minimum atomic E-state index is -1.10. The van der Waals surface area contributed by atoms with E-state index in [9.17, 15) is 14.4 Å². The Labute approximate surface area is 114 Å². The molecule has 0 aromatic heterocycles. The van der Waals surface area contributed by atoms with Gasteiger partial charge >= 0.3 is 12.0 Å². The zero-order valence-corrected chi connectivity index (χ0v) is 11.0. The van der Waals surface area contributed by atoms with E-state index in [2.05, 4.69) is 5.32 Å². The molecule has 3 N–H and O–H groups in total. The highest BCUT2D eigenvalue weighted by Gasteiger charge is 2.11. The van der Waals surface area contributed by atoms with Crippen LogP contribution in [0.15, 0.2) is 18.2 Å². The average Bonchev–Trinajstić information content (AvgIpc) is 2.32. The normalized spacial score (nSPS) is 9.79. The molecule has 19 heavy (non-hydrogen) atoms. The van der Waals surface area contributed by atoms with Gasteiger partial charge in [0.15, 0.2) is 0 Å². The lowest BCUT2D eigenvalue weighted by Gasteiger charge is -2.09. The zero-order chi connectivity index (χ0) is 14.4. The minimum Gasteiger partial charge on any atom is -0.481 e. The molecule has 102 valence electrons. The number of rotatable bonds is 4. The third-order valence-corrected chi connectivity index (χ3v) is 2.74. The van der Waals surface area contributed by atoms with Gasteiger partial charge in [-0.1, -0.05) is 17.7 Å². The van der Waals surface area contributed by atoms with E-state index in [0.29, 0.717) is 16.3 Å². The molecule has 0 saturated carbocycles. The summed E-state index contributed by atoms with van der Waals surface area (Å²) in [6.45, 7) is 1.73. The Morgan fingerprint density at radius 2 is 1.95 bits per heavy atom. The fourth-order valence-electron chi connectivity index (χ4n) is 1.31. The Morgan fingerprint density at radius 1 is 1.26 bits per heavy atom. The number of carboxylic acids is 1. The maximum atomic E-state index is 11.5. The smallest absolute Gasteiger partial charge is 0.325 e. The topological polar surface area (TPSA) is 95.5 Å². The predicted octanol–water partition coefficient (Wildman–Crippen LogP) is 2.16. The summed E-state index contributed by atoms with van der Waals surface area (Å²) >= 11 is 5.88. The molecule has 0 radical (unpaired) electrons. The fraction of sp³-hybridized carbons (Fsp3) is 0.250. The Kier molecular flexibility index (Phi) is 5.32. The van der Waals surface area contributed by atoms with Crippen molar-refractivity contribution in [1.82, 2.24) is 5.32 Å². The van der Waals surface area contributed by atoms with Crippen LogP contribution in [0.2, 0.25) is 5.02 Å². The number of halogens is 1. The molecule has 3 amide bonds. The summed E-state index contributed by atoms with van der Waals surface area (Å²) in [5.74, 6) is -1.75. The number of imide groups is 1. The van der Waals surface area contributed by atoms with E-state index in [-0.39, 0.29) is 12.8 Å². The first-order valence-corrected chi connectivity index (χ1v) is 5.85. The third-order valence-electron chi connectivity index (χ3n) is 2.33. The number of benzene rings is 1. The summed E-state index contributed by atoms with van der Waals surface area (Å²) in [5, 5.41) is 13.4. The standard InChI is InChI=1S/C12H13ClN2O4/c1-7-8(13)3-2-4-9(7)14-12(19)15-10(16)5-6-11(17)18/h2-4H,5-6H2,1H3,(H,17,18)(H2,14,15,16,19).